The van der Waals surface area contributed by atoms with Crippen molar-refractivity contribution < 1.29 is 87.5 Å². The molecule has 3 rings (SSSR count). The number of nitrogens with zero attached hydrogens (tertiary/aromatic N) is 2. The largest absolute Gasteiger partial charge is 0.508 e. The first-order valence-corrected chi connectivity index (χ1v) is 32.0. The van der Waals surface area contributed by atoms with Crippen molar-refractivity contribution in [3.8, 4) is 5.75 Å². The van der Waals surface area contributed by atoms with Gasteiger partial charge in [0.2, 0.25) is 65.0 Å². The Kier molecular flexibility index (Phi) is 32.7. The minimum Gasteiger partial charge on any atom is -0.508 e. The summed E-state index contributed by atoms with van der Waals surface area (Å²) in [5, 5.41) is 60.7. The number of hydrogen-bond donors (Lipinski definition) is 15. The highest BCUT2D eigenvalue weighted by molar-refractivity contribution is 7.98. The average Bonchev–Trinajstić information content (AvgIpc) is 1.76. The zero-order valence-corrected chi connectivity index (χ0v) is 53.5. The number of aromatic hydroxyl groups is 1. The molecule has 0 bridgehead atoms. The van der Waals surface area contributed by atoms with E-state index in [0.29, 0.717) is 43.4 Å². The Morgan fingerprint density at radius 3 is 1.75 bits per heavy atom. The smallest absolute Gasteiger partial charge is 0.326 e. The normalized spacial score (nSPS) is 17.8. The SMILES string of the molecule is CC[C@H](C)[C@H](NC(=O)[C@@H]1CCCN1C(=O)[C@@H]1CCCN1C(=O)[C@H](C)NC(=O)[C@H](Cc1ccc(O)cc1)NC(=O)[C@H](CCSC)NC(=O)[C@H](C)NC(=O)[C@H](CCCCN)NC(=O)CNC(=O)[C@@H](NC(=O)[C@@H](N)CCC(=O)O)C(C)C)C(=O)N[C@@H](CCC(=O)O)C(=O)O. The van der Waals surface area contributed by atoms with Crippen LogP contribution in [0, 0.1) is 11.8 Å². The van der Waals surface area contributed by atoms with Crippen LogP contribution in [0.4, 0.5) is 0 Å². The van der Waals surface area contributed by atoms with Gasteiger partial charge < -0.3 is 89.5 Å². The minimum atomic E-state index is -1.55. The number of phenolic OH excluding ortho intramolecular Hbond substituents is 1. The van der Waals surface area contributed by atoms with Crippen molar-refractivity contribution in [1.29, 1.82) is 0 Å². The lowest BCUT2D eigenvalue weighted by Crippen LogP contribution is -2.60. The zero-order chi connectivity index (χ0) is 68.2. The van der Waals surface area contributed by atoms with Gasteiger partial charge in [-0.2, -0.15) is 11.8 Å². The summed E-state index contributed by atoms with van der Waals surface area (Å²) in [6.07, 6.45) is 2.57. The molecule has 12 atom stereocenters. The summed E-state index contributed by atoms with van der Waals surface area (Å²) in [7, 11) is 0. The summed E-state index contributed by atoms with van der Waals surface area (Å²) in [6, 6.07) is -8.11. The number of thioether (sulfide) groups is 1. The molecule has 2 saturated heterocycles. The van der Waals surface area contributed by atoms with E-state index in [-0.39, 0.29) is 70.3 Å². The molecule has 17 N–H and O–H groups in total. The Morgan fingerprint density at radius 1 is 0.593 bits per heavy atom. The number of hydrogen-bond acceptors (Lipinski definition) is 18. The monoisotopic (exact) mass is 1300 g/mol. The first kappa shape index (κ1) is 77.1. The zero-order valence-electron chi connectivity index (χ0n) is 52.7. The number of unbranched alkanes of at least 4 members (excludes halogenated alkanes) is 1. The Hall–Kier alpha value is -8.13. The lowest BCUT2D eigenvalue weighted by molar-refractivity contribution is -0.148. The van der Waals surface area contributed by atoms with Gasteiger partial charge in [0.25, 0.3) is 0 Å². The van der Waals surface area contributed by atoms with Crippen LogP contribution < -0.4 is 59.3 Å². The molecule has 0 aromatic heterocycles. The van der Waals surface area contributed by atoms with Crippen LogP contribution in [0.1, 0.15) is 131 Å². The van der Waals surface area contributed by atoms with E-state index >= 15 is 0 Å². The standard InChI is InChI=1S/C59H93N13O18S/c1-8-32(4)48(56(86)67-40(59(89)90)21-23-46(77)78)70-54(84)42-14-11-26-71(42)58(88)43-15-12-27-72(43)57(87)34(6)64-53(83)41(29-35-16-18-36(73)19-17-35)68-52(82)39(24-28-91-7)66-49(79)33(5)63-51(81)38(13-9-10-25-60)65-44(74)30-62-55(85)47(31(2)3)69-50(80)37(61)20-22-45(75)76/h16-19,31-34,37-43,47-48,73H,8-15,20-30,60-61H2,1-7H3,(H,62,85)(H,63,81)(H,64,83)(H,65,74)(H,66,79)(H,67,86)(H,68,82)(H,69,80)(H,70,84)(H,75,76)(H,77,78)(H,89,90)/t32-,33-,34-,37-,38-,39-,40-,41-,42-,43-,47-,48-/m0/s1. The highest BCUT2D eigenvalue weighted by atomic mass is 32.2. The summed E-state index contributed by atoms with van der Waals surface area (Å²) in [4.78, 5) is 188. The van der Waals surface area contributed by atoms with Crippen molar-refractivity contribution in [3.05, 3.63) is 29.8 Å². The van der Waals surface area contributed by atoms with Gasteiger partial charge in [-0.05, 0) is 126 Å². The maximum absolute atomic E-state index is 14.4. The first-order valence-electron chi connectivity index (χ1n) is 30.6. The number of carboxylic acids is 3. The predicted octanol–water partition coefficient (Wildman–Crippen LogP) is -2.32. The highest BCUT2D eigenvalue weighted by Crippen LogP contribution is 2.26. The summed E-state index contributed by atoms with van der Waals surface area (Å²) in [5.74, 6) is -13.0. The molecular formula is C59H93N13O18S. The van der Waals surface area contributed by atoms with Crippen LogP contribution in [-0.2, 0) is 73.5 Å². The molecule has 0 aliphatic carbocycles. The molecule has 0 spiro atoms. The Balaban J connectivity index is 1.76. The Morgan fingerprint density at radius 2 is 1.15 bits per heavy atom. The molecule has 91 heavy (non-hydrogen) atoms. The van der Waals surface area contributed by atoms with E-state index < -0.39 is 181 Å². The molecule has 0 saturated carbocycles. The number of phenols is 1. The molecule has 1 aromatic rings. The second-order valence-corrected chi connectivity index (χ2v) is 24.2. The van der Waals surface area contributed by atoms with Gasteiger partial charge in [0.15, 0.2) is 0 Å². The fourth-order valence-electron chi connectivity index (χ4n) is 10.2. The van der Waals surface area contributed by atoms with Crippen LogP contribution in [0.15, 0.2) is 24.3 Å². The number of carboxylic acid groups (broad SMARTS) is 3. The van der Waals surface area contributed by atoms with Gasteiger partial charge in [-0.1, -0.05) is 46.2 Å². The van der Waals surface area contributed by atoms with Crippen LogP contribution in [0.3, 0.4) is 0 Å². The Bertz CT molecular complexity index is 2720. The lowest BCUT2D eigenvalue weighted by atomic mass is 9.97. The fraction of sp³-hybridized carbons (Fsp3) is 0.661. The van der Waals surface area contributed by atoms with E-state index in [1.807, 2.05) is 0 Å². The molecule has 508 valence electrons. The molecule has 11 amide bonds. The molecule has 1 aromatic carbocycles. The van der Waals surface area contributed by atoms with E-state index in [2.05, 4.69) is 47.9 Å². The number of likely N-dealkylation sites (tertiary alicyclic amines) is 2. The maximum atomic E-state index is 14.4. The van der Waals surface area contributed by atoms with Gasteiger partial charge in [0.1, 0.15) is 66.2 Å². The second-order valence-electron chi connectivity index (χ2n) is 23.2. The molecule has 2 heterocycles. The van der Waals surface area contributed by atoms with Gasteiger partial charge in [0.05, 0.1) is 12.6 Å². The topological polar surface area (TPSA) is 487 Å². The van der Waals surface area contributed by atoms with Crippen molar-refractivity contribution in [2.45, 2.75) is 198 Å². The number of aliphatic carboxylic acids is 3. The van der Waals surface area contributed by atoms with E-state index in [1.54, 1.807) is 34.0 Å². The van der Waals surface area contributed by atoms with Crippen LogP contribution in [0.5, 0.6) is 5.75 Å². The number of amides is 11. The predicted molar refractivity (Wildman–Crippen MR) is 331 cm³/mol. The molecule has 31 nitrogen and oxygen atoms in total. The molecule has 0 unspecified atom stereocenters. The quantitative estimate of drug-likeness (QED) is 0.0308. The van der Waals surface area contributed by atoms with E-state index in [0.717, 1.165) is 0 Å². The summed E-state index contributed by atoms with van der Waals surface area (Å²) >= 11 is 1.35. The number of carbonyl (C=O) groups is 14. The van der Waals surface area contributed by atoms with Gasteiger partial charge in [-0.3, -0.25) is 62.3 Å². The lowest BCUT2D eigenvalue weighted by Gasteiger charge is -2.33. The maximum Gasteiger partial charge on any atom is 0.326 e. The molecule has 2 aliphatic rings. The number of nitrogens with two attached hydrogens (primary N) is 2. The highest BCUT2D eigenvalue weighted by Gasteiger charge is 2.45. The molecule has 32 heteroatoms. The van der Waals surface area contributed by atoms with E-state index in [4.69, 9.17) is 21.7 Å². The van der Waals surface area contributed by atoms with Crippen molar-refractivity contribution in [1.82, 2.24) is 57.7 Å². The van der Waals surface area contributed by atoms with Gasteiger partial charge in [0, 0.05) is 32.4 Å². The second kappa shape index (κ2) is 38.5. The van der Waals surface area contributed by atoms with Crippen molar-refractivity contribution in [2.24, 2.45) is 23.3 Å². The summed E-state index contributed by atoms with van der Waals surface area (Å²) in [5.41, 5.74) is 12.0. The Labute approximate surface area is 532 Å². The first-order chi connectivity index (χ1) is 42.9. The molecule has 2 fully saturated rings. The van der Waals surface area contributed by atoms with Crippen LogP contribution in [0.2, 0.25) is 0 Å². The van der Waals surface area contributed by atoms with Crippen molar-refractivity contribution >= 4 is 94.6 Å². The van der Waals surface area contributed by atoms with Crippen molar-refractivity contribution in [3.63, 3.8) is 0 Å². The van der Waals surface area contributed by atoms with Crippen molar-refractivity contribution in [2.75, 3.05) is 38.2 Å². The third-order valence-electron chi connectivity index (χ3n) is 15.7. The summed E-state index contributed by atoms with van der Waals surface area (Å²) < 4.78 is 0. The summed E-state index contributed by atoms with van der Waals surface area (Å²) in [6.45, 7) is 9.26. The van der Waals surface area contributed by atoms with E-state index in [1.165, 1.54) is 59.7 Å². The van der Waals surface area contributed by atoms with Crippen LogP contribution >= 0.6 is 11.8 Å². The van der Waals surface area contributed by atoms with Gasteiger partial charge in [-0.25, -0.2) is 4.79 Å². The number of carbonyl (C=O) groups excluding carboxylic acids is 11. The van der Waals surface area contributed by atoms with Gasteiger partial charge in [-0.15, -0.1) is 0 Å². The number of rotatable bonds is 39. The average molecular weight is 1300 g/mol. The third-order valence-corrected chi connectivity index (χ3v) is 16.4. The number of benzene rings is 1. The van der Waals surface area contributed by atoms with Crippen LogP contribution in [0.25, 0.3) is 0 Å². The third kappa shape index (κ3) is 25.2. The molecular weight excluding hydrogens is 1210 g/mol. The molecule has 2 aliphatic heterocycles. The number of nitrogens with one attached hydrogen (secondary N) is 9. The van der Waals surface area contributed by atoms with Crippen LogP contribution in [-0.4, -0.2) is 218 Å². The minimum absolute atomic E-state index is 0.0330. The van der Waals surface area contributed by atoms with Gasteiger partial charge >= 0.3 is 17.9 Å². The van der Waals surface area contributed by atoms with E-state index in [9.17, 15) is 77.3 Å². The molecule has 0 radical (unpaired) electrons. The fourth-order valence-corrected chi connectivity index (χ4v) is 10.6.